The number of ether oxygens (including phenoxy) is 2. The lowest BCUT2D eigenvalue weighted by Crippen LogP contribution is -2.24. The fraction of sp³-hybridized carbons (Fsp3) is 0.364. The van der Waals surface area contributed by atoms with Crippen molar-refractivity contribution >= 4 is 9.84 Å². The molecule has 0 aliphatic rings. The second kappa shape index (κ2) is 10.5. The van der Waals surface area contributed by atoms with E-state index in [4.69, 9.17) is 9.47 Å². The Bertz CT molecular complexity index is 896. The molecule has 0 fully saturated rings. The molecule has 2 atom stereocenters. The molecule has 0 saturated carbocycles. The van der Waals surface area contributed by atoms with Crippen molar-refractivity contribution in [3.8, 4) is 23.6 Å². The van der Waals surface area contributed by atoms with E-state index in [1.807, 2.05) is 24.3 Å². The lowest BCUT2D eigenvalue weighted by atomic mass is 10.0. The topological polar surface area (TPSA) is 100 Å². The van der Waals surface area contributed by atoms with Crippen LogP contribution in [0.5, 0.6) is 11.5 Å². The summed E-state index contributed by atoms with van der Waals surface area (Å²) in [5.74, 6) is -0.481. The Morgan fingerprint density at radius 2 is 1.10 bits per heavy atom. The summed E-state index contributed by atoms with van der Waals surface area (Å²) in [6, 6.07) is 18.5. The zero-order chi connectivity index (χ0) is 21.3. The molecular weight excluding hydrogens is 388 g/mol. The van der Waals surface area contributed by atoms with Gasteiger partial charge >= 0.3 is 0 Å². The molecule has 0 bridgehead atoms. The fourth-order valence-corrected chi connectivity index (χ4v) is 4.80. The van der Waals surface area contributed by atoms with E-state index in [1.165, 1.54) is 0 Å². The summed E-state index contributed by atoms with van der Waals surface area (Å²) in [6.45, 7) is 0. The van der Waals surface area contributed by atoms with Crippen molar-refractivity contribution in [2.75, 3.05) is 25.7 Å². The minimum Gasteiger partial charge on any atom is -0.497 e. The first kappa shape index (κ1) is 22.3. The summed E-state index contributed by atoms with van der Waals surface area (Å²) < 4.78 is 35.4. The predicted molar refractivity (Wildman–Crippen MR) is 110 cm³/mol. The number of sulfone groups is 1. The van der Waals surface area contributed by atoms with Crippen LogP contribution in [0.4, 0.5) is 0 Å². The van der Waals surface area contributed by atoms with Gasteiger partial charge in [-0.05, 0) is 48.2 Å². The highest BCUT2D eigenvalue weighted by Crippen LogP contribution is 2.19. The lowest BCUT2D eigenvalue weighted by Gasteiger charge is -2.13. The van der Waals surface area contributed by atoms with Gasteiger partial charge in [0.1, 0.15) is 11.5 Å². The average molecular weight is 413 g/mol. The minimum absolute atomic E-state index is 0.268. The first-order valence-electron chi connectivity index (χ1n) is 9.14. The molecule has 0 N–H and O–H groups in total. The minimum atomic E-state index is -3.56. The molecule has 6 nitrogen and oxygen atoms in total. The maximum atomic E-state index is 12.6. The van der Waals surface area contributed by atoms with Gasteiger partial charge < -0.3 is 9.47 Å². The smallest absolute Gasteiger partial charge is 0.152 e. The standard InChI is InChI=1S/C22H24N2O4S/c1-27-21-7-3-17(4-8-21)11-19(13-23)15-29(25,26)16-20(14-24)12-18-5-9-22(28-2)10-6-18/h3-10,19-20H,11-12,15-16H2,1-2H3. The van der Waals surface area contributed by atoms with E-state index in [2.05, 4.69) is 12.1 Å². The zero-order valence-electron chi connectivity index (χ0n) is 16.5. The van der Waals surface area contributed by atoms with Gasteiger partial charge in [-0.15, -0.1) is 0 Å². The van der Waals surface area contributed by atoms with Crippen molar-refractivity contribution in [2.45, 2.75) is 12.8 Å². The van der Waals surface area contributed by atoms with Crippen molar-refractivity contribution < 1.29 is 17.9 Å². The van der Waals surface area contributed by atoms with Crippen molar-refractivity contribution in [3.05, 3.63) is 59.7 Å². The molecule has 0 heterocycles. The molecule has 0 aliphatic carbocycles. The largest absolute Gasteiger partial charge is 0.497 e. The Hall–Kier alpha value is -3.03. The second-order valence-corrected chi connectivity index (χ2v) is 8.99. The molecule has 0 radical (unpaired) electrons. The lowest BCUT2D eigenvalue weighted by molar-refractivity contribution is 0.414. The van der Waals surface area contributed by atoms with Gasteiger partial charge in [0.2, 0.25) is 0 Å². The first-order valence-corrected chi connectivity index (χ1v) is 11.0. The number of hydrogen-bond acceptors (Lipinski definition) is 6. The normalized spacial score (nSPS) is 13.0. The third-order valence-electron chi connectivity index (χ3n) is 4.56. The van der Waals surface area contributed by atoms with Crippen LogP contribution in [0.1, 0.15) is 11.1 Å². The fourth-order valence-electron chi connectivity index (χ4n) is 3.06. The van der Waals surface area contributed by atoms with Crippen LogP contribution >= 0.6 is 0 Å². The van der Waals surface area contributed by atoms with Gasteiger partial charge in [-0.3, -0.25) is 0 Å². The second-order valence-electron chi connectivity index (χ2n) is 6.83. The molecule has 29 heavy (non-hydrogen) atoms. The third-order valence-corrected chi connectivity index (χ3v) is 6.38. The molecule has 2 rings (SSSR count). The molecule has 2 aromatic carbocycles. The third kappa shape index (κ3) is 7.14. The van der Waals surface area contributed by atoms with Gasteiger partial charge in [0.15, 0.2) is 9.84 Å². The van der Waals surface area contributed by atoms with E-state index in [-0.39, 0.29) is 11.5 Å². The van der Waals surface area contributed by atoms with Crippen LogP contribution in [-0.4, -0.2) is 34.1 Å². The SMILES string of the molecule is COc1ccc(CC(C#N)CS(=O)(=O)CC(C#N)Cc2ccc(OC)cc2)cc1. The van der Waals surface area contributed by atoms with Gasteiger partial charge in [-0.2, -0.15) is 10.5 Å². The van der Waals surface area contributed by atoms with Crippen molar-refractivity contribution in [1.82, 2.24) is 0 Å². The Morgan fingerprint density at radius 1 is 0.759 bits per heavy atom. The summed E-state index contributed by atoms with van der Waals surface area (Å²) in [6.07, 6.45) is 0.658. The van der Waals surface area contributed by atoms with Gasteiger partial charge in [-0.1, -0.05) is 24.3 Å². The van der Waals surface area contributed by atoms with Crippen LogP contribution in [-0.2, 0) is 22.7 Å². The molecular formula is C22H24N2O4S. The highest BCUT2D eigenvalue weighted by molar-refractivity contribution is 7.91. The van der Waals surface area contributed by atoms with Crippen LogP contribution in [0.3, 0.4) is 0 Å². The Labute approximate surface area is 172 Å². The molecule has 0 aromatic heterocycles. The number of methoxy groups -OCH3 is 2. The van der Waals surface area contributed by atoms with E-state index in [1.54, 1.807) is 38.5 Å². The van der Waals surface area contributed by atoms with E-state index >= 15 is 0 Å². The maximum Gasteiger partial charge on any atom is 0.152 e. The average Bonchev–Trinajstić information content (AvgIpc) is 2.73. The molecule has 2 aromatic rings. The quantitative estimate of drug-likeness (QED) is 0.594. The number of benzene rings is 2. The van der Waals surface area contributed by atoms with E-state index in [0.717, 1.165) is 11.1 Å². The summed E-state index contributed by atoms with van der Waals surface area (Å²) in [7, 11) is -0.431. The van der Waals surface area contributed by atoms with Gasteiger partial charge in [0.05, 0.1) is 49.7 Å². The van der Waals surface area contributed by atoms with Gasteiger partial charge in [0.25, 0.3) is 0 Å². The monoisotopic (exact) mass is 412 g/mol. The highest BCUT2D eigenvalue weighted by Gasteiger charge is 2.24. The Balaban J connectivity index is 1.99. The molecule has 0 aliphatic heterocycles. The number of rotatable bonds is 10. The van der Waals surface area contributed by atoms with Crippen molar-refractivity contribution in [1.29, 1.82) is 10.5 Å². The number of hydrogen-bond donors (Lipinski definition) is 0. The highest BCUT2D eigenvalue weighted by atomic mass is 32.2. The summed E-state index contributed by atoms with van der Waals surface area (Å²) in [4.78, 5) is 0. The van der Waals surface area contributed by atoms with Crippen molar-refractivity contribution in [3.63, 3.8) is 0 Å². The van der Waals surface area contributed by atoms with Gasteiger partial charge in [0, 0.05) is 0 Å². The Morgan fingerprint density at radius 3 is 1.38 bits per heavy atom. The number of nitrogens with zero attached hydrogens (tertiary/aromatic N) is 2. The zero-order valence-corrected chi connectivity index (χ0v) is 17.4. The summed E-state index contributed by atoms with van der Waals surface area (Å²) >= 11 is 0. The van der Waals surface area contributed by atoms with Crippen LogP contribution in [0.2, 0.25) is 0 Å². The van der Waals surface area contributed by atoms with E-state index < -0.39 is 21.7 Å². The summed E-state index contributed by atoms with van der Waals surface area (Å²) in [5, 5.41) is 18.8. The van der Waals surface area contributed by atoms with Crippen molar-refractivity contribution in [2.24, 2.45) is 11.8 Å². The summed E-state index contributed by atoms with van der Waals surface area (Å²) in [5.41, 5.74) is 1.73. The number of nitriles is 2. The van der Waals surface area contributed by atoms with E-state index in [0.29, 0.717) is 24.3 Å². The van der Waals surface area contributed by atoms with Crippen LogP contribution in [0.15, 0.2) is 48.5 Å². The van der Waals surface area contributed by atoms with Crippen LogP contribution < -0.4 is 9.47 Å². The van der Waals surface area contributed by atoms with E-state index in [9.17, 15) is 18.9 Å². The molecule has 0 amide bonds. The predicted octanol–water partition coefficient (Wildman–Crippen LogP) is 3.18. The molecule has 0 saturated heterocycles. The molecule has 7 heteroatoms. The maximum absolute atomic E-state index is 12.6. The van der Waals surface area contributed by atoms with Crippen LogP contribution in [0, 0.1) is 34.5 Å². The van der Waals surface area contributed by atoms with Crippen LogP contribution in [0.25, 0.3) is 0 Å². The molecule has 152 valence electrons. The Kier molecular flexibility index (Phi) is 8.06. The molecule has 0 spiro atoms. The first-order chi connectivity index (χ1) is 13.9. The molecule has 2 unspecified atom stereocenters. The van der Waals surface area contributed by atoms with Gasteiger partial charge in [-0.25, -0.2) is 8.42 Å².